The highest BCUT2D eigenvalue weighted by Gasteiger charge is 2.49. The molecule has 4 unspecified atom stereocenters. The minimum absolute atomic E-state index is 0.0388. The van der Waals surface area contributed by atoms with E-state index in [0.29, 0.717) is 17.1 Å². The molecule has 0 saturated carbocycles. The van der Waals surface area contributed by atoms with Crippen LogP contribution in [0.2, 0.25) is 0 Å². The second-order valence-corrected chi connectivity index (χ2v) is 6.77. The zero-order chi connectivity index (χ0) is 18.4. The van der Waals surface area contributed by atoms with E-state index in [-0.39, 0.29) is 36.8 Å². The summed E-state index contributed by atoms with van der Waals surface area (Å²) in [6.07, 6.45) is -0.345. The van der Waals surface area contributed by atoms with E-state index >= 15 is 0 Å². The first-order valence-corrected chi connectivity index (χ1v) is 8.78. The van der Waals surface area contributed by atoms with E-state index in [1.165, 1.54) is 0 Å². The predicted molar refractivity (Wildman–Crippen MR) is 95.9 cm³/mol. The van der Waals surface area contributed by atoms with Crippen LogP contribution in [0.5, 0.6) is 11.5 Å². The lowest BCUT2D eigenvalue weighted by Gasteiger charge is -2.36. The molecule has 2 aromatic rings. The predicted octanol–water partition coefficient (Wildman–Crippen LogP) is 2.01. The highest BCUT2D eigenvalue weighted by molar-refractivity contribution is 5.50. The summed E-state index contributed by atoms with van der Waals surface area (Å²) in [6, 6.07) is 18.1. The van der Waals surface area contributed by atoms with Gasteiger partial charge in [0.1, 0.15) is 6.07 Å². The van der Waals surface area contributed by atoms with E-state index < -0.39 is 0 Å². The lowest BCUT2D eigenvalue weighted by molar-refractivity contribution is 0.0340. The number of hydrogen-bond acceptors (Lipinski definition) is 7. The minimum Gasteiger partial charge on any atom is -0.458 e. The first kappa shape index (κ1) is 16.0. The fourth-order valence-corrected chi connectivity index (χ4v) is 4.15. The third kappa shape index (κ3) is 2.50. The molecular formula is C20H18N4O3. The second kappa shape index (κ2) is 6.20. The molecule has 1 fully saturated rings. The van der Waals surface area contributed by atoms with Crippen molar-refractivity contribution >= 4 is 0 Å². The van der Waals surface area contributed by atoms with E-state index in [4.69, 9.17) is 19.9 Å². The van der Waals surface area contributed by atoms with Crippen molar-refractivity contribution in [3.8, 4) is 17.6 Å². The zero-order valence-corrected chi connectivity index (χ0v) is 14.4. The lowest BCUT2D eigenvalue weighted by atomic mass is 9.74. The summed E-state index contributed by atoms with van der Waals surface area (Å²) in [7, 11) is 0. The number of allylic oxidation sites excluding steroid dienone is 1. The lowest BCUT2D eigenvalue weighted by Crippen LogP contribution is -2.40. The summed E-state index contributed by atoms with van der Waals surface area (Å²) in [5, 5.41) is 9.80. The maximum Gasteiger partial charge on any atom is 0.231 e. The van der Waals surface area contributed by atoms with Gasteiger partial charge in [-0.15, -0.1) is 0 Å². The number of hydrazine groups is 1. The molecule has 7 nitrogen and oxygen atoms in total. The topological polar surface area (TPSA) is 102 Å². The van der Waals surface area contributed by atoms with Gasteiger partial charge in [0.25, 0.3) is 0 Å². The van der Waals surface area contributed by atoms with Gasteiger partial charge in [-0.2, -0.15) is 5.26 Å². The highest BCUT2D eigenvalue weighted by atomic mass is 16.7. The standard InChI is InChI=1S/C20H18N4O3/c21-9-13-16(12-6-7-14-15(8-12)26-10-25-14)17-18(11-4-2-1-3-5-11)23-24-20(17)27-19(13)22/h1-8,16-18,20,23-24H,10,22H2. The van der Waals surface area contributed by atoms with Crippen LogP contribution in [0.15, 0.2) is 60.0 Å². The summed E-state index contributed by atoms with van der Waals surface area (Å²) in [4.78, 5) is 0. The Hall–Kier alpha value is -3.21. The third-order valence-electron chi connectivity index (χ3n) is 5.37. The first-order chi connectivity index (χ1) is 13.3. The van der Waals surface area contributed by atoms with Gasteiger partial charge in [0.2, 0.25) is 12.7 Å². The molecule has 0 aliphatic carbocycles. The molecule has 136 valence electrons. The van der Waals surface area contributed by atoms with Crippen LogP contribution in [0.4, 0.5) is 0 Å². The molecule has 7 heteroatoms. The van der Waals surface area contributed by atoms with Crippen molar-refractivity contribution in [3.63, 3.8) is 0 Å². The Balaban J connectivity index is 1.62. The quantitative estimate of drug-likeness (QED) is 0.751. The molecule has 5 rings (SSSR count). The molecule has 2 aromatic carbocycles. The summed E-state index contributed by atoms with van der Waals surface area (Å²) in [6.45, 7) is 0.206. The molecule has 27 heavy (non-hydrogen) atoms. The molecular weight excluding hydrogens is 344 g/mol. The number of fused-ring (bicyclic) bond motifs is 2. The van der Waals surface area contributed by atoms with E-state index in [0.717, 1.165) is 11.1 Å². The average molecular weight is 362 g/mol. The van der Waals surface area contributed by atoms with Crippen molar-refractivity contribution in [2.75, 3.05) is 6.79 Å². The van der Waals surface area contributed by atoms with Gasteiger partial charge >= 0.3 is 0 Å². The van der Waals surface area contributed by atoms with Crippen LogP contribution in [0, 0.1) is 17.2 Å². The number of nitrogens with two attached hydrogens (primary N) is 1. The van der Waals surface area contributed by atoms with Gasteiger partial charge in [-0.1, -0.05) is 36.4 Å². The van der Waals surface area contributed by atoms with Gasteiger partial charge in [-0.3, -0.25) is 0 Å². The highest BCUT2D eigenvalue weighted by Crippen LogP contribution is 2.48. The number of nitriles is 1. The van der Waals surface area contributed by atoms with E-state index in [2.05, 4.69) is 29.1 Å². The number of nitrogens with zero attached hydrogens (tertiary/aromatic N) is 1. The van der Waals surface area contributed by atoms with E-state index in [1.807, 2.05) is 36.4 Å². The van der Waals surface area contributed by atoms with Gasteiger partial charge in [0.15, 0.2) is 17.7 Å². The largest absolute Gasteiger partial charge is 0.458 e. The Morgan fingerprint density at radius 2 is 1.81 bits per heavy atom. The zero-order valence-electron chi connectivity index (χ0n) is 14.4. The van der Waals surface area contributed by atoms with Crippen LogP contribution in [-0.2, 0) is 4.74 Å². The second-order valence-electron chi connectivity index (χ2n) is 6.77. The number of ether oxygens (including phenoxy) is 3. The van der Waals surface area contributed by atoms with Gasteiger partial charge in [0, 0.05) is 11.8 Å². The van der Waals surface area contributed by atoms with Crippen LogP contribution in [-0.4, -0.2) is 13.0 Å². The van der Waals surface area contributed by atoms with E-state index in [9.17, 15) is 5.26 Å². The fourth-order valence-electron chi connectivity index (χ4n) is 4.15. The molecule has 0 radical (unpaired) electrons. The van der Waals surface area contributed by atoms with Crippen LogP contribution >= 0.6 is 0 Å². The molecule has 4 atom stereocenters. The van der Waals surface area contributed by atoms with E-state index in [1.54, 1.807) is 0 Å². The maximum absolute atomic E-state index is 9.80. The molecule has 0 aromatic heterocycles. The van der Waals surface area contributed by atoms with Gasteiger partial charge in [-0.05, 0) is 23.3 Å². The summed E-state index contributed by atoms with van der Waals surface area (Å²) in [5.74, 6) is 1.25. The summed E-state index contributed by atoms with van der Waals surface area (Å²) in [5.41, 5.74) is 15.1. The number of nitrogens with one attached hydrogen (secondary N) is 2. The van der Waals surface area contributed by atoms with Gasteiger partial charge in [-0.25, -0.2) is 10.9 Å². The monoisotopic (exact) mass is 362 g/mol. The van der Waals surface area contributed by atoms with Crippen LogP contribution in [0.1, 0.15) is 23.1 Å². The van der Waals surface area contributed by atoms with Gasteiger partial charge in [0.05, 0.1) is 11.6 Å². The Labute approximate surface area is 156 Å². The normalized spacial score (nSPS) is 28.4. The van der Waals surface area contributed by atoms with Crippen molar-refractivity contribution < 1.29 is 14.2 Å². The summed E-state index contributed by atoms with van der Waals surface area (Å²) >= 11 is 0. The minimum atomic E-state index is -0.345. The Morgan fingerprint density at radius 1 is 1.00 bits per heavy atom. The molecule has 0 amide bonds. The van der Waals surface area contributed by atoms with Crippen molar-refractivity contribution in [2.45, 2.75) is 18.2 Å². The molecule has 0 spiro atoms. The van der Waals surface area contributed by atoms with Crippen LogP contribution in [0.25, 0.3) is 0 Å². The van der Waals surface area contributed by atoms with Crippen molar-refractivity contribution in [1.82, 2.24) is 10.9 Å². The maximum atomic E-state index is 9.80. The molecule has 3 aliphatic heterocycles. The van der Waals surface area contributed by atoms with Crippen molar-refractivity contribution in [3.05, 3.63) is 71.1 Å². The van der Waals surface area contributed by atoms with Crippen LogP contribution < -0.4 is 26.1 Å². The Morgan fingerprint density at radius 3 is 2.63 bits per heavy atom. The van der Waals surface area contributed by atoms with Crippen molar-refractivity contribution in [1.29, 1.82) is 5.26 Å². The molecule has 3 heterocycles. The van der Waals surface area contributed by atoms with Crippen LogP contribution in [0.3, 0.4) is 0 Å². The average Bonchev–Trinajstić information content (AvgIpc) is 3.33. The SMILES string of the molecule is N#CC1=C(N)OC2NNC(c3ccccc3)C2C1c1ccc2c(c1)OCO2. The molecule has 4 N–H and O–H groups in total. The first-order valence-electron chi connectivity index (χ1n) is 8.78. The molecule has 3 aliphatic rings. The Bertz CT molecular complexity index is 953. The number of benzene rings is 2. The van der Waals surface area contributed by atoms with Gasteiger partial charge < -0.3 is 19.9 Å². The molecule has 0 bridgehead atoms. The number of hydrogen-bond donors (Lipinski definition) is 3. The smallest absolute Gasteiger partial charge is 0.231 e. The number of rotatable bonds is 2. The fraction of sp³-hybridized carbons (Fsp3) is 0.250. The molecule has 1 saturated heterocycles. The summed E-state index contributed by atoms with van der Waals surface area (Å²) < 4.78 is 16.8. The third-order valence-corrected chi connectivity index (χ3v) is 5.37. The Kier molecular flexibility index (Phi) is 3.67. The van der Waals surface area contributed by atoms with Crippen molar-refractivity contribution in [2.24, 2.45) is 11.7 Å².